The Morgan fingerprint density at radius 3 is 2.84 bits per heavy atom. The van der Waals surface area contributed by atoms with Gasteiger partial charge in [0, 0.05) is 24.7 Å². The minimum atomic E-state index is 0.0507. The number of nitrogens with zero attached hydrogens (tertiary/aromatic N) is 1. The smallest absolute Gasteiger partial charge is 0.251 e. The van der Waals surface area contributed by atoms with Crippen molar-refractivity contribution in [2.24, 2.45) is 11.8 Å². The van der Waals surface area contributed by atoms with E-state index in [-0.39, 0.29) is 5.91 Å². The molecule has 4 rings (SSSR count). The minimum Gasteiger partial charge on any atom is -0.495 e. The lowest BCUT2D eigenvalue weighted by atomic mass is 9.97. The van der Waals surface area contributed by atoms with E-state index in [0.717, 1.165) is 42.4 Å². The van der Waals surface area contributed by atoms with E-state index in [2.05, 4.69) is 10.2 Å². The van der Waals surface area contributed by atoms with Crippen molar-refractivity contribution in [1.29, 1.82) is 0 Å². The third-order valence-corrected chi connectivity index (χ3v) is 6.19. The monoisotopic (exact) mass is 344 g/mol. The number of carbonyl (C=O) groups excluding carboxylic acids is 1. The molecule has 5 nitrogen and oxygen atoms in total. The van der Waals surface area contributed by atoms with Crippen LogP contribution >= 0.6 is 0 Å². The van der Waals surface area contributed by atoms with Crippen molar-refractivity contribution in [2.75, 3.05) is 38.3 Å². The van der Waals surface area contributed by atoms with Gasteiger partial charge in [-0.15, -0.1) is 0 Å². The predicted octanol–water partition coefficient (Wildman–Crippen LogP) is 2.84. The summed E-state index contributed by atoms with van der Waals surface area (Å²) in [4.78, 5) is 15.1. The number of hydrogen-bond acceptors (Lipinski definition) is 4. The third kappa shape index (κ3) is 3.34. The van der Waals surface area contributed by atoms with Crippen LogP contribution in [0.25, 0.3) is 0 Å². The number of carbonyl (C=O) groups is 1. The van der Waals surface area contributed by atoms with Gasteiger partial charge in [-0.3, -0.25) is 4.79 Å². The molecule has 3 aliphatic rings. The number of hydrogen-bond donors (Lipinski definition) is 1. The Bertz CT molecular complexity index is 627. The fourth-order valence-corrected chi connectivity index (χ4v) is 4.87. The molecular formula is C20H28N2O3. The summed E-state index contributed by atoms with van der Waals surface area (Å²) in [7, 11) is 1.68. The fraction of sp³-hybridized carbons (Fsp3) is 0.650. The normalized spacial score (nSPS) is 28.7. The largest absolute Gasteiger partial charge is 0.495 e. The molecule has 1 aliphatic heterocycles. The molecule has 0 bridgehead atoms. The molecule has 1 aromatic rings. The van der Waals surface area contributed by atoms with Gasteiger partial charge in [-0.25, -0.2) is 0 Å². The number of fused-ring (bicyclic) bond motifs is 1. The van der Waals surface area contributed by atoms with Gasteiger partial charge in [-0.1, -0.05) is 12.8 Å². The lowest BCUT2D eigenvalue weighted by molar-refractivity contribution is 0.0926. The number of nitrogens with one attached hydrogen (secondary N) is 1. The molecule has 3 atom stereocenters. The Morgan fingerprint density at radius 2 is 2.04 bits per heavy atom. The lowest BCUT2D eigenvalue weighted by Gasteiger charge is -2.30. The molecule has 0 radical (unpaired) electrons. The van der Waals surface area contributed by atoms with Crippen LogP contribution in [0.5, 0.6) is 5.75 Å². The number of benzene rings is 1. The van der Waals surface area contributed by atoms with E-state index < -0.39 is 0 Å². The fourth-order valence-electron chi connectivity index (χ4n) is 4.87. The van der Waals surface area contributed by atoms with Crippen LogP contribution in [0.3, 0.4) is 0 Å². The van der Waals surface area contributed by atoms with Gasteiger partial charge in [0.05, 0.1) is 26.0 Å². The first kappa shape index (κ1) is 16.7. The van der Waals surface area contributed by atoms with Crippen LogP contribution in [0.2, 0.25) is 0 Å². The van der Waals surface area contributed by atoms with Crippen LogP contribution in [0.15, 0.2) is 18.2 Å². The van der Waals surface area contributed by atoms with E-state index in [4.69, 9.17) is 9.47 Å². The maximum Gasteiger partial charge on any atom is 0.251 e. The molecule has 1 amide bonds. The van der Waals surface area contributed by atoms with Gasteiger partial charge in [-0.2, -0.15) is 0 Å². The Balaban J connectivity index is 1.50. The van der Waals surface area contributed by atoms with E-state index in [0.29, 0.717) is 25.2 Å². The summed E-state index contributed by atoms with van der Waals surface area (Å²) in [6.07, 6.45) is 6.36. The first-order chi connectivity index (χ1) is 12.3. The Labute approximate surface area is 149 Å². The van der Waals surface area contributed by atoms with Crippen molar-refractivity contribution < 1.29 is 14.3 Å². The van der Waals surface area contributed by atoms with E-state index >= 15 is 0 Å². The quantitative estimate of drug-likeness (QED) is 0.912. The highest BCUT2D eigenvalue weighted by atomic mass is 16.5. The van der Waals surface area contributed by atoms with Crippen molar-refractivity contribution in [3.05, 3.63) is 23.8 Å². The second-order valence-corrected chi connectivity index (χ2v) is 7.50. The average Bonchev–Trinajstić information content (AvgIpc) is 3.27. The average molecular weight is 344 g/mol. The van der Waals surface area contributed by atoms with Crippen molar-refractivity contribution in [1.82, 2.24) is 5.32 Å². The molecule has 1 saturated heterocycles. The SMILES string of the molecule is COc1ccc(C(=O)N[C@H]2CC[C@@H]3CCC[C@@H]32)cc1N1CCOCC1. The van der Waals surface area contributed by atoms with Gasteiger partial charge in [0.1, 0.15) is 5.75 Å². The van der Waals surface area contributed by atoms with Crippen LogP contribution in [0, 0.1) is 11.8 Å². The van der Waals surface area contributed by atoms with Crippen molar-refractivity contribution in [2.45, 2.75) is 38.1 Å². The van der Waals surface area contributed by atoms with E-state index in [1.165, 1.54) is 25.7 Å². The molecule has 25 heavy (non-hydrogen) atoms. The molecule has 0 spiro atoms. The maximum absolute atomic E-state index is 12.8. The second-order valence-electron chi connectivity index (χ2n) is 7.50. The first-order valence-corrected chi connectivity index (χ1v) is 9.58. The summed E-state index contributed by atoms with van der Waals surface area (Å²) < 4.78 is 10.9. The molecule has 2 aliphatic carbocycles. The molecule has 1 N–H and O–H groups in total. The summed E-state index contributed by atoms with van der Waals surface area (Å²) >= 11 is 0. The summed E-state index contributed by atoms with van der Waals surface area (Å²) in [5.74, 6) is 2.40. The topological polar surface area (TPSA) is 50.8 Å². The standard InChI is InChI=1S/C20H28N2O3/c1-24-19-8-6-15(13-18(19)22-9-11-25-12-10-22)20(23)21-17-7-5-14-3-2-4-16(14)17/h6,8,13-14,16-17H,2-5,7,9-12H2,1H3,(H,21,23)/t14-,16-,17-/m0/s1. The molecule has 3 fully saturated rings. The Hall–Kier alpha value is -1.75. The number of rotatable bonds is 4. The van der Waals surface area contributed by atoms with Gasteiger partial charge in [0.25, 0.3) is 5.91 Å². The van der Waals surface area contributed by atoms with Crippen molar-refractivity contribution in [3.63, 3.8) is 0 Å². The molecule has 5 heteroatoms. The zero-order valence-corrected chi connectivity index (χ0v) is 15.0. The number of anilines is 1. The number of methoxy groups -OCH3 is 1. The molecule has 1 heterocycles. The van der Waals surface area contributed by atoms with Gasteiger partial charge < -0.3 is 19.7 Å². The zero-order chi connectivity index (χ0) is 17.2. The molecule has 2 saturated carbocycles. The summed E-state index contributed by atoms with van der Waals surface area (Å²) in [5, 5.41) is 3.31. The van der Waals surface area contributed by atoms with Crippen molar-refractivity contribution in [3.8, 4) is 5.75 Å². The second kappa shape index (κ2) is 7.24. The molecule has 136 valence electrons. The minimum absolute atomic E-state index is 0.0507. The van der Waals surface area contributed by atoms with Crippen molar-refractivity contribution >= 4 is 11.6 Å². The van der Waals surface area contributed by atoms with Gasteiger partial charge in [-0.05, 0) is 49.3 Å². The van der Waals surface area contributed by atoms with Gasteiger partial charge in [0.2, 0.25) is 0 Å². The van der Waals surface area contributed by atoms with Crippen LogP contribution in [-0.4, -0.2) is 45.4 Å². The van der Waals surface area contributed by atoms with E-state index in [1.54, 1.807) is 7.11 Å². The summed E-state index contributed by atoms with van der Waals surface area (Å²) in [6, 6.07) is 6.11. The van der Waals surface area contributed by atoms with Gasteiger partial charge in [0.15, 0.2) is 0 Å². The number of amides is 1. The Kier molecular flexibility index (Phi) is 4.84. The maximum atomic E-state index is 12.8. The molecule has 1 aromatic carbocycles. The molecular weight excluding hydrogens is 316 g/mol. The highest BCUT2D eigenvalue weighted by Gasteiger charge is 2.39. The first-order valence-electron chi connectivity index (χ1n) is 9.58. The molecule has 0 aromatic heterocycles. The highest BCUT2D eigenvalue weighted by molar-refractivity contribution is 5.96. The zero-order valence-electron chi connectivity index (χ0n) is 15.0. The number of ether oxygens (including phenoxy) is 2. The Morgan fingerprint density at radius 1 is 1.20 bits per heavy atom. The molecule has 0 unspecified atom stereocenters. The predicted molar refractivity (Wildman–Crippen MR) is 97.3 cm³/mol. The summed E-state index contributed by atoms with van der Waals surface area (Å²) in [5.41, 5.74) is 1.72. The number of morpholine rings is 1. The van der Waals surface area contributed by atoms with Crippen LogP contribution in [-0.2, 0) is 4.74 Å². The van der Waals surface area contributed by atoms with E-state index in [1.807, 2.05) is 18.2 Å². The third-order valence-electron chi connectivity index (χ3n) is 6.19. The summed E-state index contributed by atoms with van der Waals surface area (Å²) in [6.45, 7) is 3.08. The van der Waals surface area contributed by atoms with Gasteiger partial charge >= 0.3 is 0 Å². The highest BCUT2D eigenvalue weighted by Crippen LogP contribution is 2.44. The van der Waals surface area contributed by atoms with Crippen LogP contribution in [0.4, 0.5) is 5.69 Å². The lowest BCUT2D eigenvalue weighted by Crippen LogP contribution is -2.38. The van der Waals surface area contributed by atoms with Crippen LogP contribution < -0.4 is 15.0 Å². The van der Waals surface area contributed by atoms with E-state index in [9.17, 15) is 4.79 Å². The van der Waals surface area contributed by atoms with Crippen LogP contribution in [0.1, 0.15) is 42.5 Å².